The number of fused-ring (bicyclic) bond motifs is 4. The van der Waals surface area contributed by atoms with E-state index in [-0.39, 0.29) is 29.9 Å². The second-order valence-corrected chi connectivity index (χ2v) is 11.1. The topological polar surface area (TPSA) is 97.0 Å². The van der Waals surface area contributed by atoms with Crippen molar-refractivity contribution in [1.82, 2.24) is 10.2 Å². The molecule has 0 aromatic heterocycles. The van der Waals surface area contributed by atoms with Gasteiger partial charge in [0.1, 0.15) is 11.4 Å². The van der Waals surface area contributed by atoms with Crippen LogP contribution >= 0.6 is 0 Å². The van der Waals surface area contributed by atoms with Crippen molar-refractivity contribution in [3.05, 3.63) is 70.8 Å². The highest BCUT2D eigenvalue weighted by Gasteiger charge is 2.40. The number of hydrogen-bond donors (Lipinski definition) is 2. The number of nitrogens with two attached hydrogens (primary N) is 1. The summed E-state index contributed by atoms with van der Waals surface area (Å²) in [4.78, 5) is 33.3. The van der Waals surface area contributed by atoms with E-state index in [9.17, 15) is 9.59 Å². The number of carbonyl (C=O) groups excluding carboxylic acids is 2. The quantitative estimate of drug-likeness (QED) is 0.557. The lowest BCUT2D eigenvalue weighted by molar-refractivity contribution is -0.131. The first-order valence-corrected chi connectivity index (χ1v) is 13.2. The van der Waals surface area contributed by atoms with Crippen LogP contribution in [0.2, 0.25) is 0 Å². The number of hydrogen-bond acceptors (Lipinski definition) is 5. The molecule has 7 heteroatoms. The first-order chi connectivity index (χ1) is 17.6. The Bertz CT molecular complexity index is 1300. The molecule has 2 aromatic carbocycles. The largest absolute Gasteiger partial charge is 0.487 e. The summed E-state index contributed by atoms with van der Waals surface area (Å²) >= 11 is 0. The summed E-state index contributed by atoms with van der Waals surface area (Å²) in [5.41, 5.74) is 8.90. The fourth-order valence-electron chi connectivity index (χ4n) is 5.78. The number of aliphatic imine (C=N–C) groups is 1. The molecule has 3 atom stereocenters. The van der Waals surface area contributed by atoms with Gasteiger partial charge < -0.3 is 15.8 Å². The van der Waals surface area contributed by atoms with Gasteiger partial charge >= 0.3 is 0 Å². The van der Waals surface area contributed by atoms with Crippen LogP contribution in [0, 0.1) is 0 Å². The summed E-state index contributed by atoms with van der Waals surface area (Å²) in [5.74, 6) is 0.844. The standard InChI is InChI=1S/C30H36N4O3/c1-5-30-14-7-6-9-20-12-13-25-23(15-20)24(17-29(3,4)37-25)32-27(36)22-11-8-10-21(16-22)19(2)34(26(35)18-30)28(31)33-30/h6,8-13,15-16,19,24H,5,7,14,17-18H2,1-4H3,(H2,31,33)(H,32,36)/b9-6-/t19-,24+,30-/m1/s1. The number of ether oxygens (including phenoxy) is 1. The Hall–Kier alpha value is -3.61. The van der Waals surface area contributed by atoms with Gasteiger partial charge in [-0.3, -0.25) is 14.5 Å². The number of amides is 2. The lowest BCUT2D eigenvalue weighted by atomic mass is 9.85. The van der Waals surface area contributed by atoms with Gasteiger partial charge in [0.15, 0.2) is 5.96 Å². The molecule has 0 saturated heterocycles. The molecule has 6 rings (SSSR count). The molecule has 0 spiro atoms. The minimum absolute atomic E-state index is 0.0357. The maximum atomic E-state index is 13.5. The van der Waals surface area contributed by atoms with Crippen molar-refractivity contribution < 1.29 is 14.3 Å². The van der Waals surface area contributed by atoms with Gasteiger partial charge in [-0.05, 0) is 75.4 Å². The van der Waals surface area contributed by atoms with E-state index in [4.69, 9.17) is 15.5 Å². The van der Waals surface area contributed by atoms with E-state index < -0.39 is 11.1 Å². The number of carbonyl (C=O) groups is 2. The van der Waals surface area contributed by atoms with Gasteiger partial charge in [-0.25, -0.2) is 4.99 Å². The molecule has 0 aliphatic carbocycles. The van der Waals surface area contributed by atoms with Crippen LogP contribution in [0.15, 0.2) is 53.5 Å². The zero-order valence-electron chi connectivity index (χ0n) is 22.1. The number of benzene rings is 2. The summed E-state index contributed by atoms with van der Waals surface area (Å²) in [6.45, 7) is 8.07. The van der Waals surface area contributed by atoms with Crippen LogP contribution in [0.1, 0.15) is 98.9 Å². The summed E-state index contributed by atoms with van der Waals surface area (Å²) in [6.07, 6.45) is 7.43. The average Bonchev–Trinajstić information content (AvgIpc) is 2.85. The minimum atomic E-state index is -0.505. The van der Waals surface area contributed by atoms with E-state index in [0.29, 0.717) is 18.4 Å². The molecule has 4 aliphatic rings. The second-order valence-electron chi connectivity index (χ2n) is 11.1. The third-order valence-electron chi connectivity index (χ3n) is 7.91. The van der Waals surface area contributed by atoms with Gasteiger partial charge in [-0.1, -0.05) is 37.3 Å². The molecule has 7 nitrogen and oxygen atoms in total. The maximum Gasteiger partial charge on any atom is 0.251 e. The molecule has 0 radical (unpaired) electrons. The zero-order chi connectivity index (χ0) is 26.4. The Labute approximate surface area is 218 Å². The number of allylic oxidation sites excluding steroid dienone is 1. The SMILES string of the molecule is CC[C@@]12CC/C=C\c3ccc4c(c3)[C@H](CC(C)(C)O4)NC(=O)c3cccc(c3)[C@@H](C)N(C(=O)C1)C(N)=N2. The molecule has 2 aromatic rings. The molecule has 37 heavy (non-hydrogen) atoms. The van der Waals surface area contributed by atoms with Crippen molar-refractivity contribution in [3.63, 3.8) is 0 Å². The maximum absolute atomic E-state index is 13.5. The molecule has 194 valence electrons. The van der Waals surface area contributed by atoms with Gasteiger partial charge in [0.05, 0.1) is 24.0 Å². The highest BCUT2D eigenvalue weighted by atomic mass is 16.5. The van der Waals surface area contributed by atoms with Gasteiger partial charge in [0.2, 0.25) is 5.91 Å². The van der Waals surface area contributed by atoms with Crippen LogP contribution in [0.5, 0.6) is 5.75 Å². The van der Waals surface area contributed by atoms with E-state index in [2.05, 4.69) is 30.5 Å². The van der Waals surface area contributed by atoms with Crippen LogP contribution < -0.4 is 15.8 Å². The molecular weight excluding hydrogens is 464 g/mol. The monoisotopic (exact) mass is 500 g/mol. The number of nitrogens with zero attached hydrogens (tertiary/aromatic N) is 2. The van der Waals surface area contributed by atoms with Crippen molar-refractivity contribution in [2.45, 2.75) is 83.0 Å². The van der Waals surface area contributed by atoms with E-state index in [1.54, 1.807) is 11.0 Å². The highest BCUT2D eigenvalue weighted by molar-refractivity contribution is 6.00. The number of nitrogens with one attached hydrogen (secondary N) is 1. The van der Waals surface area contributed by atoms with E-state index in [1.807, 2.05) is 51.1 Å². The van der Waals surface area contributed by atoms with Crippen molar-refractivity contribution in [3.8, 4) is 5.75 Å². The Kier molecular flexibility index (Phi) is 6.34. The molecule has 4 aliphatic heterocycles. The van der Waals surface area contributed by atoms with Crippen LogP contribution in [0.25, 0.3) is 6.08 Å². The van der Waals surface area contributed by atoms with Crippen LogP contribution in [0.3, 0.4) is 0 Å². The van der Waals surface area contributed by atoms with Crippen LogP contribution in [-0.4, -0.2) is 33.8 Å². The summed E-state index contributed by atoms with van der Waals surface area (Å²) < 4.78 is 6.25. The Morgan fingerprint density at radius 2 is 2.00 bits per heavy atom. The molecule has 0 unspecified atom stereocenters. The molecule has 2 amide bonds. The molecule has 3 N–H and O–H groups in total. The molecule has 0 fully saturated rings. The van der Waals surface area contributed by atoms with Gasteiger partial charge in [0, 0.05) is 17.5 Å². The van der Waals surface area contributed by atoms with E-state index >= 15 is 0 Å². The second kappa shape index (κ2) is 9.36. The van der Waals surface area contributed by atoms with E-state index in [0.717, 1.165) is 41.7 Å². The van der Waals surface area contributed by atoms with Gasteiger partial charge in [-0.15, -0.1) is 0 Å². The van der Waals surface area contributed by atoms with Crippen molar-refractivity contribution in [2.75, 3.05) is 0 Å². The zero-order valence-corrected chi connectivity index (χ0v) is 22.1. The van der Waals surface area contributed by atoms with Gasteiger partial charge in [0.25, 0.3) is 5.91 Å². The predicted molar refractivity (Wildman–Crippen MR) is 145 cm³/mol. The molecular formula is C30H36N4O3. The average molecular weight is 501 g/mol. The van der Waals surface area contributed by atoms with Crippen LogP contribution in [0.4, 0.5) is 0 Å². The smallest absolute Gasteiger partial charge is 0.251 e. The Balaban J connectivity index is 1.59. The predicted octanol–water partition coefficient (Wildman–Crippen LogP) is 5.28. The fraction of sp³-hybridized carbons (Fsp3) is 0.433. The van der Waals surface area contributed by atoms with Crippen molar-refractivity contribution in [1.29, 1.82) is 0 Å². The summed E-state index contributed by atoms with van der Waals surface area (Å²) in [7, 11) is 0. The Morgan fingerprint density at radius 3 is 2.76 bits per heavy atom. The number of guanidine groups is 1. The first kappa shape index (κ1) is 25.1. The minimum Gasteiger partial charge on any atom is -0.487 e. The Morgan fingerprint density at radius 1 is 1.19 bits per heavy atom. The van der Waals surface area contributed by atoms with Crippen molar-refractivity contribution in [2.24, 2.45) is 10.7 Å². The van der Waals surface area contributed by atoms with E-state index in [1.165, 1.54) is 0 Å². The lowest BCUT2D eigenvalue weighted by Gasteiger charge is -2.39. The number of rotatable bonds is 1. The van der Waals surface area contributed by atoms with Crippen molar-refractivity contribution >= 4 is 23.8 Å². The van der Waals surface area contributed by atoms with Gasteiger partial charge in [-0.2, -0.15) is 0 Å². The summed E-state index contributed by atoms with van der Waals surface area (Å²) in [5, 5.41) is 3.24. The van der Waals surface area contributed by atoms with Crippen LogP contribution in [-0.2, 0) is 4.79 Å². The summed E-state index contributed by atoms with van der Waals surface area (Å²) in [6, 6.07) is 13.0. The molecule has 0 saturated carbocycles. The fourth-order valence-corrected chi connectivity index (χ4v) is 5.78. The highest BCUT2D eigenvalue weighted by Crippen LogP contribution is 2.41. The third kappa shape index (κ3) is 4.87. The molecule has 4 heterocycles. The third-order valence-corrected chi connectivity index (χ3v) is 7.91. The molecule has 6 bridgehead atoms. The lowest BCUT2D eigenvalue weighted by Crippen LogP contribution is -2.52. The normalized spacial score (nSPS) is 27.9. The first-order valence-electron chi connectivity index (χ1n) is 13.2.